The van der Waals surface area contributed by atoms with Gasteiger partial charge in [0.15, 0.2) is 5.82 Å². The molecule has 0 aromatic carbocycles. The molecule has 0 aliphatic carbocycles. The molecule has 2 saturated heterocycles. The van der Waals surface area contributed by atoms with Gasteiger partial charge in [-0.1, -0.05) is 12.1 Å². The van der Waals surface area contributed by atoms with Gasteiger partial charge in [0.05, 0.1) is 25.3 Å². The number of rotatable bonds is 4. The number of aromatic nitrogens is 2. The Balaban J connectivity index is 1.60. The average molecular weight is 308 g/mol. The lowest BCUT2D eigenvalue weighted by Gasteiger charge is -2.34. The largest absolute Gasteiger partial charge is 0.375 e. The van der Waals surface area contributed by atoms with Crippen molar-refractivity contribution in [2.24, 2.45) is 0 Å². The minimum absolute atomic E-state index is 0.101. The second-order valence-corrected chi connectivity index (χ2v) is 6.04. The third kappa shape index (κ3) is 3.30. The summed E-state index contributed by atoms with van der Waals surface area (Å²) in [6, 6.07) is 0.101. The Morgan fingerprint density at radius 3 is 3.00 bits per heavy atom. The van der Waals surface area contributed by atoms with E-state index in [1.165, 1.54) is 0 Å². The smallest absolute Gasteiger partial charge is 0.236 e. The van der Waals surface area contributed by atoms with Crippen LogP contribution < -0.4 is 0 Å². The number of morpholine rings is 1. The first-order valence-electron chi connectivity index (χ1n) is 8.11. The van der Waals surface area contributed by atoms with Crippen LogP contribution in [0.15, 0.2) is 4.52 Å². The summed E-state index contributed by atoms with van der Waals surface area (Å²) in [6.07, 6.45) is 3.16. The van der Waals surface area contributed by atoms with Gasteiger partial charge in [0.1, 0.15) is 0 Å². The molecule has 7 heteroatoms. The molecular weight excluding hydrogens is 284 g/mol. The van der Waals surface area contributed by atoms with Gasteiger partial charge in [-0.25, -0.2) is 0 Å². The standard InChI is InChI=1S/C15H24N4O3/c1-3-12-9-19(7-8-21-12)14(20)10-18-6-4-5-13(18)15-16-11(2)22-17-15/h12-13H,3-10H2,1-2H3/t12-,13+/m0/s1. The number of hydrogen-bond donors (Lipinski definition) is 0. The Labute approximate surface area is 130 Å². The summed E-state index contributed by atoms with van der Waals surface area (Å²) in [7, 11) is 0. The topological polar surface area (TPSA) is 71.7 Å². The van der Waals surface area contributed by atoms with Gasteiger partial charge in [-0.3, -0.25) is 9.69 Å². The molecule has 0 spiro atoms. The summed E-state index contributed by atoms with van der Waals surface area (Å²) >= 11 is 0. The van der Waals surface area contributed by atoms with E-state index in [1.807, 2.05) is 4.90 Å². The van der Waals surface area contributed by atoms with Crippen LogP contribution in [0.25, 0.3) is 0 Å². The molecule has 0 unspecified atom stereocenters. The SMILES string of the molecule is CC[C@H]1CN(C(=O)CN2CCC[C@@H]2c2noc(C)n2)CCO1. The maximum atomic E-state index is 12.6. The van der Waals surface area contributed by atoms with E-state index in [4.69, 9.17) is 9.26 Å². The van der Waals surface area contributed by atoms with Gasteiger partial charge in [-0.15, -0.1) is 0 Å². The van der Waals surface area contributed by atoms with Gasteiger partial charge in [0.25, 0.3) is 0 Å². The number of amides is 1. The zero-order valence-electron chi connectivity index (χ0n) is 13.3. The van der Waals surface area contributed by atoms with Crippen molar-refractivity contribution in [2.75, 3.05) is 32.8 Å². The molecule has 22 heavy (non-hydrogen) atoms. The van der Waals surface area contributed by atoms with Crippen molar-refractivity contribution in [3.05, 3.63) is 11.7 Å². The maximum absolute atomic E-state index is 12.6. The summed E-state index contributed by atoms with van der Waals surface area (Å²) in [5.41, 5.74) is 0. The first-order valence-corrected chi connectivity index (χ1v) is 8.11. The van der Waals surface area contributed by atoms with E-state index in [2.05, 4.69) is 22.0 Å². The number of hydrogen-bond acceptors (Lipinski definition) is 6. The van der Waals surface area contributed by atoms with Crippen molar-refractivity contribution in [3.63, 3.8) is 0 Å². The molecule has 0 saturated carbocycles. The molecule has 0 N–H and O–H groups in total. The normalized spacial score (nSPS) is 26.5. The molecule has 122 valence electrons. The molecule has 1 aromatic rings. The van der Waals surface area contributed by atoms with Gasteiger partial charge in [0.2, 0.25) is 11.8 Å². The van der Waals surface area contributed by atoms with Crippen LogP contribution in [0.3, 0.4) is 0 Å². The summed E-state index contributed by atoms with van der Waals surface area (Å²) in [5.74, 6) is 1.46. The van der Waals surface area contributed by atoms with E-state index >= 15 is 0 Å². The van der Waals surface area contributed by atoms with Crippen molar-refractivity contribution in [2.45, 2.75) is 45.3 Å². The van der Waals surface area contributed by atoms with Gasteiger partial charge < -0.3 is 14.2 Å². The summed E-state index contributed by atoms with van der Waals surface area (Å²) in [6.45, 7) is 7.25. The van der Waals surface area contributed by atoms with Crippen LogP contribution in [0.2, 0.25) is 0 Å². The van der Waals surface area contributed by atoms with E-state index in [0.29, 0.717) is 38.0 Å². The van der Waals surface area contributed by atoms with Crippen LogP contribution in [-0.2, 0) is 9.53 Å². The van der Waals surface area contributed by atoms with Crippen LogP contribution in [0, 0.1) is 6.92 Å². The lowest BCUT2D eigenvalue weighted by Crippen LogP contribution is -2.48. The summed E-state index contributed by atoms with van der Waals surface area (Å²) in [4.78, 5) is 21.0. The number of nitrogens with zero attached hydrogens (tertiary/aromatic N) is 4. The predicted molar refractivity (Wildman–Crippen MR) is 79.2 cm³/mol. The molecule has 3 rings (SSSR count). The monoisotopic (exact) mass is 308 g/mol. The molecule has 0 bridgehead atoms. The fourth-order valence-corrected chi connectivity index (χ4v) is 3.22. The van der Waals surface area contributed by atoms with Crippen LogP contribution in [0.1, 0.15) is 43.9 Å². The van der Waals surface area contributed by atoms with Crippen molar-refractivity contribution >= 4 is 5.91 Å². The first-order chi connectivity index (χ1) is 10.7. The van der Waals surface area contributed by atoms with Crippen molar-refractivity contribution < 1.29 is 14.1 Å². The highest BCUT2D eigenvalue weighted by atomic mass is 16.5. The Kier molecular flexibility index (Phi) is 4.73. The first kappa shape index (κ1) is 15.4. The highest BCUT2D eigenvalue weighted by molar-refractivity contribution is 5.78. The second kappa shape index (κ2) is 6.75. The van der Waals surface area contributed by atoms with E-state index in [-0.39, 0.29) is 18.1 Å². The van der Waals surface area contributed by atoms with Crippen LogP contribution in [0.5, 0.6) is 0 Å². The Bertz CT molecular complexity index is 519. The molecule has 2 atom stereocenters. The van der Waals surface area contributed by atoms with Crippen LogP contribution in [0.4, 0.5) is 0 Å². The molecule has 1 aromatic heterocycles. The highest BCUT2D eigenvalue weighted by Gasteiger charge is 2.33. The van der Waals surface area contributed by atoms with E-state index in [1.54, 1.807) is 6.92 Å². The van der Waals surface area contributed by atoms with Crippen molar-refractivity contribution in [1.82, 2.24) is 19.9 Å². The molecule has 7 nitrogen and oxygen atoms in total. The number of carbonyl (C=O) groups excluding carboxylic acids is 1. The lowest BCUT2D eigenvalue weighted by atomic mass is 10.2. The van der Waals surface area contributed by atoms with Gasteiger partial charge in [-0.2, -0.15) is 4.98 Å². The van der Waals surface area contributed by atoms with E-state index < -0.39 is 0 Å². The zero-order chi connectivity index (χ0) is 15.5. The fraction of sp³-hybridized carbons (Fsp3) is 0.800. The molecule has 3 heterocycles. The number of ether oxygens (including phenoxy) is 1. The highest BCUT2D eigenvalue weighted by Crippen LogP contribution is 2.29. The zero-order valence-corrected chi connectivity index (χ0v) is 13.3. The Morgan fingerprint density at radius 1 is 1.41 bits per heavy atom. The molecular formula is C15H24N4O3. The number of likely N-dealkylation sites (tertiary alicyclic amines) is 1. The third-order valence-electron chi connectivity index (χ3n) is 4.49. The minimum Gasteiger partial charge on any atom is -0.375 e. The van der Waals surface area contributed by atoms with Gasteiger partial charge in [0, 0.05) is 20.0 Å². The Hall–Kier alpha value is -1.47. The number of aryl methyl sites for hydroxylation is 1. The Morgan fingerprint density at radius 2 is 2.27 bits per heavy atom. The number of carbonyl (C=O) groups is 1. The molecule has 1 amide bonds. The predicted octanol–water partition coefficient (Wildman–Crippen LogP) is 1.15. The fourth-order valence-electron chi connectivity index (χ4n) is 3.22. The van der Waals surface area contributed by atoms with Crippen LogP contribution in [-0.4, -0.2) is 64.7 Å². The quantitative estimate of drug-likeness (QED) is 0.831. The van der Waals surface area contributed by atoms with Gasteiger partial charge in [-0.05, 0) is 25.8 Å². The third-order valence-corrected chi connectivity index (χ3v) is 4.49. The maximum Gasteiger partial charge on any atom is 0.236 e. The van der Waals surface area contributed by atoms with E-state index in [0.717, 1.165) is 25.8 Å². The van der Waals surface area contributed by atoms with Gasteiger partial charge >= 0.3 is 0 Å². The van der Waals surface area contributed by atoms with E-state index in [9.17, 15) is 4.79 Å². The summed E-state index contributed by atoms with van der Waals surface area (Å²) in [5, 5.41) is 4.02. The van der Waals surface area contributed by atoms with Crippen molar-refractivity contribution in [1.29, 1.82) is 0 Å². The molecule has 0 radical (unpaired) electrons. The average Bonchev–Trinajstić information content (AvgIpc) is 3.16. The molecule has 2 fully saturated rings. The lowest BCUT2D eigenvalue weighted by molar-refractivity contribution is -0.140. The summed E-state index contributed by atoms with van der Waals surface area (Å²) < 4.78 is 10.7. The van der Waals surface area contributed by atoms with Crippen molar-refractivity contribution in [3.8, 4) is 0 Å². The molecule has 2 aliphatic heterocycles. The minimum atomic E-state index is 0.101. The van der Waals surface area contributed by atoms with Crippen LogP contribution >= 0.6 is 0 Å². The molecule has 2 aliphatic rings. The second-order valence-electron chi connectivity index (χ2n) is 6.04.